The standard InChI is InChI=1S/C27H40Cl2N2/c1-4-6-8-9-10-11-12-13-14-20-30-22-31(27(29)26(30)28)21-19-24-17-15-16-23(3)25(24)18-7-5-2/h5,7,15-18H,2,4,6,8-14,19-22H2,1,3H3/b18-7-. The first kappa shape index (κ1) is 25.9. The molecule has 0 radical (unpaired) electrons. The first-order valence-corrected chi connectivity index (χ1v) is 12.8. The SMILES string of the molecule is C=C/C=C\c1c(C)cccc1CCN1CN(CCCCCCCCCCC)C(Cl)=C1Cl. The van der Waals surface area contributed by atoms with E-state index >= 15 is 0 Å². The number of halogens is 2. The molecule has 4 heteroatoms. The van der Waals surface area contributed by atoms with Crippen LogP contribution in [0.3, 0.4) is 0 Å². The molecule has 0 unspecified atom stereocenters. The number of rotatable bonds is 15. The largest absolute Gasteiger partial charge is 0.342 e. The van der Waals surface area contributed by atoms with Crippen LogP contribution in [0.2, 0.25) is 0 Å². The molecule has 2 nitrogen and oxygen atoms in total. The van der Waals surface area contributed by atoms with Crippen LogP contribution in [0.25, 0.3) is 6.08 Å². The lowest BCUT2D eigenvalue weighted by Gasteiger charge is -2.23. The molecule has 1 aliphatic rings. The predicted molar refractivity (Wildman–Crippen MR) is 138 cm³/mol. The van der Waals surface area contributed by atoms with Crippen LogP contribution in [0.4, 0.5) is 0 Å². The molecule has 0 bridgehead atoms. The van der Waals surface area contributed by atoms with Gasteiger partial charge in [-0.05, 0) is 36.5 Å². The highest BCUT2D eigenvalue weighted by Gasteiger charge is 2.26. The average molecular weight is 464 g/mol. The second-order valence-electron chi connectivity index (χ2n) is 8.57. The molecule has 0 fully saturated rings. The zero-order valence-corrected chi connectivity index (χ0v) is 21.0. The summed E-state index contributed by atoms with van der Waals surface area (Å²) >= 11 is 13.1. The smallest absolute Gasteiger partial charge is 0.141 e. The number of unbranched alkanes of at least 4 members (excludes halogenated alkanes) is 8. The number of hydrogen-bond donors (Lipinski definition) is 0. The van der Waals surface area contributed by atoms with E-state index in [-0.39, 0.29) is 0 Å². The van der Waals surface area contributed by atoms with E-state index in [1.54, 1.807) is 0 Å². The Balaban J connectivity index is 1.75. The third kappa shape index (κ3) is 8.58. The van der Waals surface area contributed by atoms with Crippen molar-refractivity contribution in [1.29, 1.82) is 0 Å². The van der Waals surface area contributed by atoms with E-state index in [9.17, 15) is 0 Å². The number of hydrogen-bond acceptors (Lipinski definition) is 2. The fraction of sp³-hybridized carbons (Fsp3) is 0.556. The topological polar surface area (TPSA) is 6.48 Å². The second kappa shape index (κ2) is 14.6. The summed E-state index contributed by atoms with van der Waals surface area (Å²) in [6, 6.07) is 6.48. The molecule has 0 atom stereocenters. The van der Waals surface area contributed by atoms with Crippen LogP contribution < -0.4 is 0 Å². The van der Waals surface area contributed by atoms with Crippen molar-refractivity contribution < 1.29 is 0 Å². The van der Waals surface area contributed by atoms with Gasteiger partial charge in [0.05, 0.1) is 6.67 Å². The summed E-state index contributed by atoms with van der Waals surface area (Å²) in [4.78, 5) is 4.42. The van der Waals surface area contributed by atoms with Crippen LogP contribution in [-0.2, 0) is 6.42 Å². The number of nitrogens with zero attached hydrogens (tertiary/aromatic N) is 2. The molecule has 1 heterocycles. The highest BCUT2D eigenvalue weighted by Crippen LogP contribution is 2.30. The van der Waals surface area contributed by atoms with Gasteiger partial charge in [0.25, 0.3) is 0 Å². The van der Waals surface area contributed by atoms with Gasteiger partial charge in [0.15, 0.2) is 0 Å². The van der Waals surface area contributed by atoms with Gasteiger partial charge in [0.2, 0.25) is 0 Å². The summed E-state index contributed by atoms with van der Waals surface area (Å²) in [5.74, 6) is 0. The molecule has 0 saturated heterocycles. The summed E-state index contributed by atoms with van der Waals surface area (Å²) in [5.41, 5.74) is 3.89. The summed E-state index contributed by atoms with van der Waals surface area (Å²) in [7, 11) is 0. The van der Waals surface area contributed by atoms with Gasteiger partial charge in [-0.2, -0.15) is 0 Å². The summed E-state index contributed by atoms with van der Waals surface area (Å²) in [5, 5.41) is 1.39. The van der Waals surface area contributed by atoms with Gasteiger partial charge in [0.1, 0.15) is 10.3 Å². The van der Waals surface area contributed by atoms with E-state index in [2.05, 4.69) is 54.5 Å². The van der Waals surface area contributed by atoms with Gasteiger partial charge in [-0.1, -0.05) is 124 Å². The van der Waals surface area contributed by atoms with Gasteiger partial charge in [-0.25, -0.2) is 0 Å². The molecule has 0 spiro atoms. The maximum atomic E-state index is 6.57. The van der Waals surface area contributed by atoms with Crippen LogP contribution in [-0.4, -0.2) is 29.6 Å². The minimum absolute atomic E-state index is 0.688. The lowest BCUT2D eigenvalue weighted by molar-refractivity contribution is 0.256. The Hall–Kier alpha value is -1.38. The van der Waals surface area contributed by atoms with Crippen molar-refractivity contribution in [3.05, 3.63) is 63.9 Å². The van der Waals surface area contributed by atoms with E-state index in [4.69, 9.17) is 23.2 Å². The van der Waals surface area contributed by atoms with E-state index in [1.807, 2.05) is 12.2 Å². The van der Waals surface area contributed by atoms with E-state index in [0.717, 1.165) is 26.2 Å². The van der Waals surface area contributed by atoms with Crippen LogP contribution >= 0.6 is 23.2 Å². The van der Waals surface area contributed by atoms with Gasteiger partial charge in [0, 0.05) is 13.1 Å². The van der Waals surface area contributed by atoms with Crippen LogP contribution in [0, 0.1) is 6.92 Å². The molecule has 0 saturated carbocycles. The minimum atomic E-state index is 0.688. The highest BCUT2D eigenvalue weighted by molar-refractivity contribution is 6.38. The maximum Gasteiger partial charge on any atom is 0.141 e. The van der Waals surface area contributed by atoms with E-state index in [1.165, 1.54) is 74.5 Å². The number of aryl methyl sites for hydroxylation is 1. The summed E-state index contributed by atoms with van der Waals surface area (Å²) in [6.07, 6.45) is 18.9. The zero-order valence-electron chi connectivity index (χ0n) is 19.5. The minimum Gasteiger partial charge on any atom is -0.342 e. The monoisotopic (exact) mass is 462 g/mol. The third-order valence-corrected chi connectivity index (χ3v) is 7.00. The molecule has 1 aliphatic heterocycles. The molecule has 1 aromatic rings. The highest BCUT2D eigenvalue weighted by atomic mass is 35.5. The van der Waals surface area contributed by atoms with Crippen molar-refractivity contribution in [1.82, 2.24) is 9.80 Å². The Labute approximate surface area is 200 Å². The molecular formula is C27H40Cl2N2. The van der Waals surface area contributed by atoms with Crippen molar-refractivity contribution >= 4 is 29.3 Å². The molecular weight excluding hydrogens is 423 g/mol. The lowest BCUT2D eigenvalue weighted by atomic mass is 9.99. The Bertz CT molecular complexity index is 739. The molecule has 172 valence electrons. The Kier molecular flexibility index (Phi) is 12.2. The third-order valence-electron chi connectivity index (χ3n) is 6.06. The van der Waals surface area contributed by atoms with Gasteiger partial charge in [-0.3, -0.25) is 0 Å². The number of allylic oxidation sites excluding steroid dienone is 2. The first-order chi connectivity index (χ1) is 15.1. The molecule has 0 N–H and O–H groups in total. The Morgan fingerprint density at radius 3 is 2.16 bits per heavy atom. The van der Waals surface area contributed by atoms with Crippen LogP contribution in [0.1, 0.15) is 81.4 Å². The Morgan fingerprint density at radius 2 is 1.52 bits per heavy atom. The zero-order chi connectivity index (χ0) is 22.5. The van der Waals surface area contributed by atoms with Crippen molar-refractivity contribution in [2.75, 3.05) is 19.8 Å². The first-order valence-electron chi connectivity index (χ1n) is 12.0. The quantitative estimate of drug-likeness (QED) is 0.146. The van der Waals surface area contributed by atoms with Gasteiger partial charge >= 0.3 is 0 Å². The molecule has 0 amide bonds. The predicted octanol–water partition coefficient (Wildman–Crippen LogP) is 8.45. The van der Waals surface area contributed by atoms with Crippen molar-refractivity contribution in [2.24, 2.45) is 0 Å². The van der Waals surface area contributed by atoms with Gasteiger partial charge in [-0.15, -0.1) is 0 Å². The normalized spacial score (nSPS) is 14.3. The van der Waals surface area contributed by atoms with Gasteiger partial charge < -0.3 is 9.80 Å². The second-order valence-corrected chi connectivity index (χ2v) is 9.29. The molecule has 1 aromatic carbocycles. The van der Waals surface area contributed by atoms with Crippen LogP contribution in [0.15, 0.2) is 47.2 Å². The fourth-order valence-corrected chi connectivity index (χ4v) is 4.67. The van der Waals surface area contributed by atoms with Crippen molar-refractivity contribution in [2.45, 2.75) is 78.1 Å². The summed E-state index contributed by atoms with van der Waals surface area (Å²) in [6.45, 7) is 10.8. The Morgan fingerprint density at radius 1 is 0.903 bits per heavy atom. The van der Waals surface area contributed by atoms with E-state index in [0.29, 0.717) is 10.3 Å². The average Bonchev–Trinajstić information content (AvgIpc) is 3.04. The van der Waals surface area contributed by atoms with Crippen LogP contribution in [0.5, 0.6) is 0 Å². The lowest BCUT2D eigenvalue weighted by Crippen LogP contribution is -2.29. The summed E-state index contributed by atoms with van der Waals surface area (Å²) < 4.78 is 0. The molecule has 2 rings (SSSR count). The molecule has 0 aromatic heterocycles. The molecule has 31 heavy (non-hydrogen) atoms. The number of benzene rings is 1. The molecule has 0 aliphatic carbocycles. The maximum absolute atomic E-state index is 6.57. The van der Waals surface area contributed by atoms with E-state index < -0.39 is 0 Å². The van der Waals surface area contributed by atoms with Crippen molar-refractivity contribution in [3.8, 4) is 0 Å². The fourth-order valence-electron chi connectivity index (χ4n) is 4.16. The van der Waals surface area contributed by atoms with Crippen molar-refractivity contribution in [3.63, 3.8) is 0 Å².